The summed E-state index contributed by atoms with van der Waals surface area (Å²) in [6.45, 7) is 9.19. The van der Waals surface area contributed by atoms with Crippen LogP contribution in [0.2, 0.25) is 0 Å². The van der Waals surface area contributed by atoms with Gasteiger partial charge in [-0.25, -0.2) is 0 Å². The second-order valence-corrected chi connectivity index (χ2v) is 7.99. The van der Waals surface area contributed by atoms with E-state index in [9.17, 15) is 5.11 Å². The molecule has 2 aliphatic heterocycles. The third-order valence-electron chi connectivity index (χ3n) is 5.65. The molecule has 0 aromatic carbocycles. The van der Waals surface area contributed by atoms with Gasteiger partial charge < -0.3 is 20.2 Å². The molecule has 0 spiro atoms. The van der Waals surface area contributed by atoms with Crippen LogP contribution in [0.25, 0.3) is 0 Å². The molecule has 2 aliphatic rings. The zero-order valence-corrected chi connectivity index (χ0v) is 19.7. The number of rotatable bonds is 7. The van der Waals surface area contributed by atoms with E-state index in [4.69, 9.17) is 4.99 Å². The molecule has 3 rings (SSSR count). The zero-order valence-electron chi connectivity index (χ0n) is 17.4. The van der Waals surface area contributed by atoms with Crippen LogP contribution >= 0.6 is 24.0 Å². The predicted octanol–water partition coefficient (Wildman–Crippen LogP) is 1.71. The molecule has 1 aromatic heterocycles. The molecular weight excluding hydrogens is 467 g/mol. The van der Waals surface area contributed by atoms with Crippen molar-refractivity contribution >= 4 is 29.9 Å². The van der Waals surface area contributed by atoms with Crippen LogP contribution in [0.1, 0.15) is 38.2 Å². The van der Waals surface area contributed by atoms with Crippen molar-refractivity contribution in [2.24, 2.45) is 18.0 Å². The molecule has 7 nitrogen and oxygen atoms in total. The Balaban J connectivity index is 0.00000280. The maximum atomic E-state index is 9.60. The van der Waals surface area contributed by atoms with E-state index >= 15 is 0 Å². The smallest absolute Gasteiger partial charge is 0.193 e. The Kier molecular flexibility index (Phi) is 10.0. The molecule has 0 aliphatic carbocycles. The third-order valence-corrected chi connectivity index (χ3v) is 5.65. The molecule has 0 saturated carbocycles. The van der Waals surface area contributed by atoms with E-state index in [-0.39, 0.29) is 30.1 Å². The summed E-state index contributed by atoms with van der Waals surface area (Å²) in [5.41, 5.74) is 1.33. The molecule has 2 saturated heterocycles. The zero-order chi connectivity index (χ0) is 19.1. The number of aliphatic hydroxyl groups excluding tert-OH is 1. The van der Waals surface area contributed by atoms with Gasteiger partial charge in [-0.2, -0.15) is 5.10 Å². The van der Waals surface area contributed by atoms with E-state index < -0.39 is 0 Å². The highest BCUT2D eigenvalue weighted by atomic mass is 127. The highest BCUT2D eigenvalue weighted by Gasteiger charge is 2.25. The lowest BCUT2D eigenvalue weighted by Gasteiger charge is -2.29. The van der Waals surface area contributed by atoms with Gasteiger partial charge in [0, 0.05) is 52.5 Å². The molecule has 1 unspecified atom stereocenters. The lowest BCUT2D eigenvalue weighted by molar-refractivity contribution is 0.0824. The molecule has 160 valence electrons. The predicted molar refractivity (Wildman–Crippen MR) is 124 cm³/mol. The highest BCUT2D eigenvalue weighted by molar-refractivity contribution is 14.0. The summed E-state index contributed by atoms with van der Waals surface area (Å²) in [6.07, 6.45) is 9.26. The van der Waals surface area contributed by atoms with Crippen LogP contribution in [0.3, 0.4) is 0 Å². The largest absolute Gasteiger partial charge is 0.393 e. The number of guanidine groups is 1. The second kappa shape index (κ2) is 12.0. The van der Waals surface area contributed by atoms with Gasteiger partial charge in [-0.1, -0.05) is 0 Å². The standard InChI is InChI=1S/C20H36N6O.HI/c1-3-21-20(22-8-4-9-25-10-6-19(27)7-11-25)26-12-5-17(16-26)13-18-14-23-24(2)15-18;/h14-15,17,19,27H,3-13,16H2,1-2H3,(H,21,22);1H. The van der Waals surface area contributed by atoms with Crippen molar-refractivity contribution in [3.63, 3.8) is 0 Å². The van der Waals surface area contributed by atoms with Crippen LogP contribution in [0, 0.1) is 5.92 Å². The Hall–Kier alpha value is -0.870. The van der Waals surface area contributed by atoms with Crippen molar-refractivity contribution in [3.8, 4) is 0 Å². The topological polar surface area (TPSA) is 68.9 Å². The number of likely N-dealkylation sites (tertiary alicyclic amines) is 2. The highest BCUT2D eigenvalue weighted by Crippen LogP contribution is 2.20. The van der Waals surface area contributed by atoms with E-state index in [1.807, 2.05) is 17.9 Å². The van der Waals surface area contributed by atoms with Crippen molar-refractivity contribution < 1.29 is 5.11 Å². The maximum absolute atomic E-state index is 9.60. The summed E-state index contributed by atoms with van der Waals surface area (Å²) in [5.74, 6) is 1.75. The first-order valence-electron chi connectivity index (χ1n) is 10.5. The lowest BCUT2D eigenvalue weighted by atomic mass is 10.0. The van der Waals surface area contributed by atoms with Gasteiger partial charge in [0.1, 0.15) is 0 Å². The van der Waals surface area contributed by atoms with Crippen LogP contribution < -0.4 is 5.32 Å². The Morgan fingerprint density at radius 3 is 2.75 bits per heavy atom. The average molecular weight is 504 g/mol. The first kappa shape index (κ1) is 23.4. The minimum atomic E-state index is -0.0885. The van der Waals surface area contributed by atoms with Crippen molar-refractivity contribution in [1.29, 1.82) is 0 Å². The fourth-order valence-electron chi connectivity index (χ4n) is 4.15. The Bertz CT molecular complexity index is 599. The summed E-state index contributed by atoms with van der Waals surface area (Å²) in [7, 11) is 1.98. The monoisotopic (exact) mass is 504 g/mol. The van der Waals surface area contributed by atoms with Crippen LogP contribution in [0.15, 0.2) is 17.4 Å². The number of aromatic nitrogens is 2. The number of nitrogens with zero attached hydrogens (tertiary/aromatic N) is 5. The molecule has 1 aromatic rings. The number of aryl methyl sites for hydroxylation is 1. The first-order chi connectivity index (χ1) is 13.1. The summed E-state index contributed by atoms with van der Waals surface area (Å²) in [6, 6.07) is 0. The number of hydrogen-bond donors (Lipinski definition) is 2. The van der Waals surface area contributed by atoms with Crippen LogP contribution in [0.4, 0.5) is 0 Å². The molecule has 0 radical (unpaired) electrons. The fraction of sp³-hybridized carbons (Fsp3) is 0.800. The van der Waals surface area contributed by atoms with Crippen molar-refractivity contribution in [2.75, 3.05) is 45.8 Å². The van der Waals surface area contributed by atoms with Gasteiger partial charge in [-0.15, -0.1) is 24.0 Å². The van der Waals surface area contributed by atoms with E-state index in [0.717, 1.165) is 77.5 Å². The van der Waals surface area contributed by atoms with Crippen LogP contribution in [0.5, 0.6) is 0 Å². The van der Waals surface area contributed by atoms with Crippen LogP contribution in [-0.4, -0.2) is 82.6 Å². The summed E-state index contributed by atoms with van der Waals surface area (Å²) in [5, 5.41) is 17.4. The maximum Gasteiger partial charge on any atom is 0.193 e. The number of hydrogen-bond acceptors (Lipinski definition) is 4. The third kappa shape index (κ3) is 7.18. The van der Waals surface area contributed by atoms with Gasteiger partial charge >= 0.3 is 0 Å². The number of aliphatic hydroxyl groups is 1. The molecule has 28 heavy (non-hydrogen) atoms. The molecule has 2 N–H and O–H groups in total. The summed E-state index contributed by atoms with van der Waals surface area (Å²) >= 11 is 0. The lowest BCUT2D eigenvalue weighted by Crippen LogP contribution is -2.40. The Morgan fingerprint density at radius 1 is 1.29 bits per heavy atom. The van der Waals surface area contributed by atoms with Gasteiger partial charge in [0.2, 0.25) is 0 Å². The molecule has 3 heterocycles. The SMILES string of the molecule is CCNC(=NCCCN1CCC(O)CC1)N1CCC(Cc2cnn(C)c2)C1.I. The van der Waals surface area contributed by atoms with E-state index in [2.05, 4.69) is 33.3 Å². The molecular formula is C20H37IN6O. The average Bonchev–Trinajstić information content (AvgIpc) is 3.28. The molecule has 2 fully saturated rings. The van der Waals surface area contributed by atoms with Crippen molar-refractivity contribution in [2.45, 2.75) is 45.1 Å². The molecule has 0 bridgehead atoms. The summed E-state index contributed by atoms with van der Waals surface area (Å²) in [4.78, 5) is 9.75. The van der Waals surface area contributed by atoms with Gasteiger partial charge in [0.25, 0.3) is 0 Å². The Morgan fingerprint density at radius 2 is 2.07 bits per heavy atom. The van der Waals surface area contributed by atoms with E-state index in [0.29, 0.717) is 5.92 Å². The van der Waals surface area contributed by atoms with E-state index in [1.54, 1.807) is 0 Å². The summed E-state index contributed by atoms with van der Waals surface area (Å²) < 4.78 is 1.89. The van der Waals surface area contributed by atoms with Gasteiger partial charge in [0.05, 0.1) is 12.3 Å². The first-order valence-corrected chi connectivity index (χ1v) is 10.5. The quantitative estimate of drug-likeness (QED) is 0.256. The minimum Gasteiger partial charge on any atom is -0.393 e. The van der Waals surface area contributed by atoms with Crippen molar-refractivity contribution in [1.82, 2.24) is 24.9 Å². The second-order valence-electron chi connectivity index (χ2n) is 7.99. The van der Waals surface area contributed by atoms with Crippen LogP contribution in [-0.2, 0) is 13.5 Å². The number of piperidine rings is 1. The molecule has 0 amide bonds. The molecule has 8 heteroatoms. The van der Waals surface area contributed by atoms with Gasteiger partial charge in [0.15, 0.2) is 5.96 Å². The number of halogens is 1. The number of nitrogens with one attached hydrogen (secondary N) is 1. The number of aliphatic imine (C=N–C) groups is 1. The van der Waals surface area contributed by atoms with Gasteiger partial charge in [-0.05, 0) is 57.1 Å². The van der Waals surface area contributed by atoms with Gasteiger partial charge in [-0.3, -0.25) is 9.67 Å². The van der Waals surface area contributed by atoms with Crippen molar-refractivity contribution in [3.05, 3.63) is 18.0 Å². The molecule has 1 atom stereocenters. The Labute approximate surface area is 186 Å². The minimum absolute atomic E-state index is 0. The fourth-order valence-corrected chi connectivity index (χ4v) is 4.15. The van der Waals surface area contributed by atoms with E-state index in [1.165, 1.54) is 12.0 Å². The normalized spacial score (nSPS) is 21.8.